The van der Waals surface area contributed by atoms with Crippen LogP contribution in [-0.4, -0.2) is 13.7 Å². The Morgan fingerprint density at radius 2 is 1.53 bits per heavy atom. The molecule has 0 saturated heterocycles. The van der Waals surface area contributed by atoms with E-state index in [4.69, 9.17) is 0 Å². The Balaban J connectivity index is 2.06. The molecule has 1 fully saturated rings. The summed E-state index contributed by atoms with van der Waals surface area (Å²) in [5.41, 5.74) is 0. The topological polar surface area (TPSA) is 34.1 Å². The first-order valence-corrected chi connectivity index (χ1v) is 9.05. The molecule has 0 amide bonds. The first kappa shape index (κ1) is 13.0. The zero-order valence-electron chi connectivity index (χ0n) is 9.84. The third kappa shape index (κ3) is 3.75. The average molecular weight is 270 g/mol. The molecule has 94 valence electrons. The van der Waals surface area contributed by atoms with Gasteiger partial charge in [-0.1, -0.05) is 43.9 Å². The van der Waals surface area contributed by atoms with Gasteiger partial charge in [0.05, 0.1) is 4.90 Å². The molecule has 1 aromatic carbocycles. The summed E-state index contributed by atoms with van der Waals surface area (Å²) in [7, 11) is -2.00. The molecular formula is C13H18O2S2. The van der Waals surface area contributed by atoms with Crippen molar-refractivity contribution in [1.82, 2.24) is 0 Å². The maximum absolute atomic E-state index is 12.2. The van der Waals surface area contributed by atoms with Gasteiger partial charge in [-0.2, -0.15) is 0 Å². The molecule has 1 aliphatic carbocycles. The SMILES string of the molecule is O=S(=O)(SC1CCCCCC1)c1ccccc1. The molecule has 1 aromatic rings. The van der Waals surface area contributed by atoms with Crippen molar-refractivity contribution in [2.75, 3.05) is 0 Å². The van der Waals surface area contributed by atoms with E-state index in [-0.39, 0.29) is 5.25 Å². The van der Waals surface area contributed by atoms with Gasteiger partial charge in [-0.15, -0.1) is 0 Å². The highest BCUT2D eigenvalue weighted by Gasteiger charge is 2.22. The minimum absolute atomic E-state index is 0.280. The maximum Gasteiger partial charge on any atom is 0.230 e. The van der Waals surface area contributed by atoms with Crippen LogP contribution in [0.4, 0.5) is 0 Å². The Hall–Kier alpha value is -0.480. The normalized spacial score (nSPS) is 18.8. The second-order valence-corrected chi connectivity index (χ2v) is 8.61. The van der Waals surface area contributed by atoms with Crippen LogP contribution >= 0.6 is 10.8 Å². The smallest absolute Gasteiger partial charge is 0.212 e. The molecule has 0 spiro atoms. The fourth-order valence-corrected chi connectivity index (χ4v) is 5.96. The largest absolute Gasteiger partial charge is 0.230 e. The Morgan fingerprint density at radius 3 is 2.12 bits per heavy atom. The summed E-state index contributed by atoms with van der Waals surface area (Å²) in [6, 6.07) is 8.76. The Kier molecular flexibility index (Phi) is 4.51. The molecule has 0 N–H and O–H groups in total. The maximum atomic E-state index is 12.2. The molecule has 2 nitrogen and oxygen atoms in total. The van der Waals surface area contributed by atoms with Gasteiger partial charge in [0, 0.05) is 5.25 Å². The third-order valence-corrected chi connectivity index (χ3v) is 7.10. The first-order chi connectivity index (χ1) is 8.18. The quantitative estimate of drug-likeness (QED) is 0.618. The van der Waals surface area contributed by atoms with E-state index < -0.39 is 8.87 Å². The molecule has 1 aliphatic rings. The van der Waals surface area contributed by atoms with E-state index in [0.717, 1.165) is 23.6 Å². The second kappa shape index (κ2) is 5.91. The molecule has 17 heavy (non-hydrogen) atoms. The minimum Gasteiger partial charge on any atom is -0.212 e. The lowest BCUT2D eigenvalue weighted by molar-refractivity contribution is 0.609. The summed E-state index contributed by atoms with van der Waals surface area (Å²) in [6.07, 6.45) is 6.92. The number of hydrogen-bond acceptors (Lipinski definition) is 3. The van der Waals surface area contributed by atoms with Gasteiger partial charge >= 0.3 is 0 Å². The zero-order chi connectivity index (χ0) is 12.1. The van der Waals surface area contributed by atoms with Crippen LogP contribution in [0.3, 0.4) is 0 Å². The van der Waals surface area contributed by atoms with E-state index in [9.17, 15) is 8.42 Å². The van der Waals surface area contributed by atoms with Crippen LogP contribution in [0.2, 0.25) is 0 Å². The van der Waals surface area contributed by atoms with E-state index in [2.05, 4.69) is 0 Å². The summed E-state index contributed by atoms with van der Waals surface area (Å²) in [5, 5.41) is 0.280. The number of benzene rings is 1. The van der Waals surface area contributed by atoms with Crippen LogP contribution in [0.1, 0.15) is 38.5 Å². The fraction of sp³-hybridized carbons (Fsp3) is 0.538. The van der Waals surface area contributed by atoms with Crippen molar-refractivity contribution in [3.63, 3.8) is 0 Å². The highest BCUT2D eigenvalue weighted by molar-refractivity contribution is 8.72. The lowest BCUT2D eigenvalue weighted by Gasteiger charge is -2.13. The monoisotopic (exact) mass is 270 g/mol. The Bertz CT molecular complexity index is 432. The van der Waals surface area contributed by atoms with Gasteiger partial charge in [0.15, 0.2) is 0 Å². The fourth-order valence-electron chi connectivity index (χ4n) is 2.16. The summed E-state index contributed by atoms with van der Waals surface area (Å²) >= 11 is 0. The lowest BCUT2D eigenvalue weighted by atomic mass is 10.2. The molecule has 2 rings (SSSR count). The van der Waals surface area contributed by atoms with Crippen LogP contribution in [-0.2, 0) is 8.87 Å². The van der Waals surface area contributed by atoms with Gasteiger partial charge < -0.3 is 0 Å². The molecule has 0 radical (unpaired) electrons. The van der Waals surface area contributed by atoms with Crippen LogP contribution in [0.15, 0.2) is 35.2 Å². The molecule has 4 heteroatoms. The van der Waals surface area contributed by atoms with E-state index in [0.29, 0.717) is 4.90 Å². The minimum atomic E-state index is -3.16. The van der Waals surface area contributed by atoms with Crippen molar-refractivity contribution < 1.29 is 8.42 Å². The van der Waals surface area contributed by atoms with E-state index in [1.54, 1.807) is 24.3 Å². The van der Waals surface area contributed by atoms with Gasteiger partial charge in [0.2, 0.25) is 8.87 Å². The molecule has 0 bridgehead atoms. The van der Waals surface area contributed by atoms with E-state index in [1.165, 1.54) is 25.7 Å². The molecule has 0 heterocycles. The molecule has 0 aromatic heterocycles. The molecule has 1 saturated carbocycles. The summed E-state index contributed by atoms with van der Waals surface area (Å²) in [6.45, 7) is 0. The second-order valence-electron chi connectivity index (χ2n) is 4.48. The van der Waals surface area contributed by atoms with Crippen LogP contribution in [0, 0.1) is 0 Å². The molecule has 0 aliphatic heterocycles. The van der Waals surface area contributed by atoms with Crippen molar-refractivity contribution >= 4 is 19.7 Å². The van der Waals surface area contributed by atoms with Crippen molar-refractivity contribution in [2.45, 2.75) is 48.7 Å². The third-order valence-electron chi connectivity index (χ3n) is 3.10. The van der Waals surface area contributed by atoms with Gasteiger partial charge in [-0.05, 0) is 35.8 Å². The van der Waals surface area contributed by atoms with Gasteiger partial charge in [0.1, 0.15) is 0 Å². The van der Waals surface area contributed by atoms with Gasteiger partial charge in [0.25, 0.3) is 0 Å². The highest BCUT2D eigenvalue weighted by Crippen LogP contribution is 2.34. The van der Waals surface area contributed by atoms with Gasteiger partial charge in [-0.3, -0.25) is 0 Å². The van der Waals surface area contributed by atoms with Gasteiger partial charge in [-0.25, -0.2) is 8.42 Å². The first-order valence-electron chi connectivity index (χ1n) is 6.17. The Morgan fingerprint density at radius 1 is 0.941 bits per heavy atom. The van der Waals surface area contributed by atoms with E-state index >= 15 is 0 Å². The number of rotatable bonds is 3. The highest BCUT2D eigenvalue weighted by atomic mass is 33.1. The van der Waals surface area contributed by atoms with Crippen molar-refractivity contribution in [2.24, 2.45) is 0 Å². The summed E-state index contributed by atoms with van der Waals surface area (Å²) < 4.78 is 24.4. The number of hydrogen-bond donors (Lipinski definition) is 0. The van der Waals surface area contributed by atoms with Crippen molar-refractivity contribution in [1.29, 1.82) is 0 Å². The predicted octanol–water partition coefficient (Wildman–Crippen LogP) is 3.83. The van der Waals surface area contributed by atoms with Crippen molar-refractivity contribution in [3.05, 3.63) is 30.3 Å². The predicted molar refractivity (Wildman–Crippen MR) is 72.7 cm³/mol. The molecule has 0 atom stereocenters. The van der Waals surface area contributed by atoms with E-state index in [1.807, 2.05) is 6.07 Å². The standard InChI is InChI=1S/C13H18O2S2/c14-17(15,13-10-6-3-7-11-13)16-12-8-4-1-2-5-9-12/h3,6-7,10-12H,1-2,4-5,8-9H2. The van der Waals surface area contributed by atoms with Crippen LogP contribution in [0.25, 0.3) is 0 Å². The summed E-state index contributed by atoms with van der Waals surface area (Å²) in [4.78, 5) is 0.439. The molecule has 0 unspecified atom stereocenters. The Labute approximate surface area is 107 Å². The van der Waals surface area contributed by atoms with Crippen LogP contribution in [0.5, 0.6) is 0 Å². The molecular weight excluding hydrogens is 252 g/mol. The average Bonchev–Trinajstić information content (AvgIpc) is 2.58. The van der Waals surface area contributed by atoms with Crippen molar-refractivity contribution in [3.8, 4) is 0 Å². The zero-order valence-corrected chi connectivity index (χ0v) is 11.5. The summed E-state index contributed by atoms with van der Waals surface area (Å²) in [5.74, 6) is 0. The van der Waals surface area contributed by atoms with Crippen LogP contribution < -0.4 is 0 Å². The lowest BCUT2D eigenvalue weighted by Crippen LogP contribution is -2.06.